The summed E-state index contributed by atoms with van der Waals surface area (Å²) >= 11 is 0. The number of hydrogen-bond donors (Lipinski definition) is 1. The Labute approximate surface area is 164 Å². The van der Waals surface area contributed by atoms with E-state index in [0.29, 0.717) is 25.4 Å². The van der Waals surface area contributed by atoms with E-state index in [1.807, 2.05) is 39.0 Å². The zero-order valence-electron chi connectivity index (χ0n) is 16.9. The highest BCUT2D eigenvalue weighted by molar-refractivity contribution is 5.95. The maximum absolute atomic E-state index is 12.2. The average molecular weight is 388 g/mol. The molecule has 3 rings (SSSR count). The lowest BCUT2D eigenvalue weighted by molar-refractivity contribution is 0.0126. The highest BCUT2D eigenvalue weighted by Crippen LogP contribution is 2.25. The average Bonchev–Trinajstić information content (AvgIpc) is 3.04. The molecule has 0 atom stereocenters. The summed E-state index contributed by atoms with van der Waals surface area (Å²) in [4.78, 5) is 28.8. The van der Waals surface area contributed by atoms with Gasteiger partial charge in [0.2, 0.25) is 0 Å². The van der Waals surface area contributed by atoms with Crippen LogP contribution >= 0.6 is 0 Å². The fraction of sp³-hybridized carbons (Fsp3) is 0.524. The molecule has 2 heterocycles. The van der Waals surface area contributed by atoms with Crippen LogP contribution in [0.1, 0.15) is 51.0 Å². The minimum Gasteiger partial charge on any atom is -0.490 e. The number of amides is 1. The maximum Gasteiger partial charge on any atom is 0.410 e. The summed E-state index contributed by atoms with van der Waals surface area (Å²) in [5, 5.41) is 0.895. The Morgan fingerprint density at radius 3 is 2.54 bits per heavy atom. The largest absolute Gasteiger partial charge is 0.490 e. The van der Waals surface area contributed by atoms with Crippen molar-refractivity contribution in [1.29, 1.82) is 0 Å². The van der Waals surface area contributed by atoms with Crippen LogP contribution in [-0.4, -0.2) is 53.3 Å². The molecule has 1 aromatic carbocycles. The Morgan fingerprint density at radius 2 is 1.89 bits per heavy atom. The molecule has 1 amide bonds. The minimum atomic E-state index is -0.487. The highest BCUT2D eigenvalue weighted by atomic mass is 16.6. The number of carbonyl (C=O) groups excluding carboxylic acids is 2. The van der Waals surface area contributed by atoms with Gasteiger partial charge in [-0.25, -0.2) is 9.59 Å². The van der Waals surface area contributed by atoms with Crippen LogP contribution in [0.25, 0.3) is 10.9 Å². The lowest BCUT2D eigenvalue weighted by atomic mass is 10.1. The van der Waals surface area contributed by atoms with Gasteiger partial charge in [-0.1, -0.05) is 0 Å². The molecule has 152 valence electrons. The van der Waals surface area contributed by atoms with Crippen molar-refractivity contribution < 1.29 is 23.8 Å². The summed E-state index contributed by atoms with van der Waals surface area (Å²) in [6.45, 7) is 8.94. The quantitative estimate of drug-likeness (QED) is 0.797. The van der Waals surface area contributed by atoms with E-state index < -0.39 is 5.60 Å². The van der Waals surface area contributed by atoms with Crippen LogP contribution < -0.4 is 4.74 Å². The topological polar surface area (TPSA) is 80.9 Å². The van der Waals surface area contributed by atoms with Crippen LogP contribution in [0.3, 0.4) is 0 Å². The fourth-order valence-corrected chi connectivity index (χ4v) is 3.18. The molecule has 1 aliphatic heterocycles. The first-order valence-corrected chi connectivity index (χ1v) is 9.69. The number of nitrogens with one attached hydrogen (secondary N) is 1. The number of fused-ring (bicyclic) bond motifs is 1. The Bertz CT molecular complexity index is 844. The second kappa shape index (κ2) is 8.12. The number of ether oxygens (including phenoxy) is 3. The third kappa shape index (κ3) is 4.97. The van der Waals surface area contributed by atoms with E-state index in [-0.39, 0.29) is 18.2 Å². The number of benzene rings is 1. The number of nitrogens with zero attached hydrogens (tertiary/aromatic N) is 1. The highest BCUT2D eigenvalue weighted by Gasteiger charge is 2.27. The van der Waals surface area contributed by atoms with E-state index >= 15 is 0 Å². The van der Waals surface area contributed by atoms with E-state index in [0.717, 1.165) is 29.5 Å². The minimum absolute atomic E-state index is 0.0413. The van der Waals surface area contributed by atoms with E-state index in [2.05, 4.69) is 4.98 Å². The summed E-state index contributed by atoms with van der Waals surface area (Å²) in [6.07, 6.45) is 1.27. The van der Waals surface area contributed by atoms with Gasteiger partial charge in [-0.3, -0.25) is 0 Å². The number of H-pyrrole nitrogens is 1. The number of aromatic amines is 1. The molecule has 2 aromatic rings. The van der Waals surface area contributed by atoms with Gasteiger partial charge >= 0.3 is 12.1 Å². The van der Waals surface area contributed by atoms with Gasteiger partial charge in [0.25, 0.3) is 0 Å². The van der Waals surface area contributed by atoms with Gasteiger partial charge in [0.1, 0.15) is 23.1 Å². The van der Waals surface area contributed by atoms with E-state index in [1.54, 1.807) is 17.9 Å². The molecule has 7 heteroatoms. The zero-order chi connectivity index (χ0) is 20.3. The van der Waals surface area contributed by atoms with Crippen LogP contribution in [0.15, 0.2) is 24.3 Å². The van der Waals surface area contributed by atoms with E-state index in [4.69, 9.17) is 14.2 Å². The summed E-state index contributed by atoms with van der Waals surface area (Å²) < 4.78 is 16.5. The number of hydrogen-bond acceptors (Lipinski definition) is 5. The van der Waals surface area contributed by atoms with Crippen LogP contribution in [-0.2, 0) is 9.47 Å². The number of piperidine rings is 1. The van der Waals surface area contributed by atoms with E-state index in [1.165, 1.54) is 0 Å². The number of likely N-dealkylation sites (tertiary alicyclic amines) is 1. The summed E-state index contributed by atoms with van der Waals surface area (Å²) in [5.41, 5.74) is 0.800. The number of aromatic nitrogens is 1. The van der Waals surface area contributed by atoms with E-state index in [9.17, 15) is 9.59 Å². The van der Waals surface area contributed by atoms with Crippen LogP contribution in [0, 0.1) is 0 Å². The first kappa shape index (κ1) is 20.0. The third-order valence-corrected chi connectivity index (χ3v) is 4.48. The third-order valence-electron chi connectivity index (χ3n) is 4.48. The molecule has 0 spiro atoms. The fourth-order valence-electron chi connectivity index (χ4n) is 3.18. The molecule has 0 radical (unpaired) electrons. The second-order valence-corrected chi connectivity index (χ2v) is 7.94. The summed E-state index contributed by atoms with van der Waals surface area (Å²) in [7, 11) is 0. The molecule has 0 aliphatic carbocycles. The summed E-state index contributed by atoms with van der Waals surface area (Å²) in [5.74, 6) is 0.383. The first-order valence-electron chi connectivity index (χ1n) is 9.69. The van der Waals surface area contributed by atoms with Gasteiger partial charge < -0.3 is 24.1 Å². The molecule has 1 aliphatic rings. The Kier molecular flexibility index (Phi) is 5.82. The molecular formula is C21H28N2O5. The standard InChI is InChI=1S/C21H28N2O5/c1-5-26-19(24)18-13-14-12-16(6-7-17(14)22-18)27-15-8-10-23(11-9-15)20(25)28-21(2,3)4/h6-7,12-13,15,22H,5,8-11H2,1-4H3. The van der Waals surface area contributed by atoms with Crippen LogP contribution in [0.5, 0.6) is 5.75 Å². The molecule has 0 bridgehead atoms. The predicted molar refractivity (Wildman–Crippen MR) is 106 cm³/mol. The molecule has 1 N–H and O–H groups in total. The van der Waals surface area contributed by atoms with Crippen molar-refractivity contribution >= 4 is 23.0 Å². The molecule has 1 saturated heterocycles. The maximum atomic E-state index is 12.2. The van der Waals surface area contributed by atoms with Crippen molar-refractivity contribution in [3.05, 3.63) is 30.0 Å². The predicted octanol–water partition coefficient (Wildman–Crippen LogP) is 4.12. The van der Waals surface area contributed by atoms with Gasteiger partial charge in [-0.05, 0) is 52.0 Å². The van der Waals surface area contributed by atoms with Gasteiger partial charge in [0, 0.05) is 36.8 Å². The summed E-state index contributed by atoms with van der Waals surface area (Å²) in [6, 6.07) is 7.46. The van der Waals surface area contributed by atoms with Crippen molar-refractivity contribution in [2.24, 2.45) is 0 Å². The van der Waals surface area contributed by atoms with Crippen molar-refractivity contribution in [3.63, 3.8) is 0 Å². The zero-order valence-corrected chi connectivity index (χ0v) is 16.9. The molecule has 28 heavy (non-hydrogen) atoms. The second-order valence-electron chi connectivity index (χ2n) is 7.94. The molecule has 1 fully saturated rings. The molecule has 1 aromatic heterocycles. The Morgan fingerprint density at radius 1 is 1.18 bits per heavy atom. The van der Waals surface area contributed by atoms with Gasteiger partial charge in [0.05, 0.1) is 6.61 Å². The lowest BCUT2D eigenvalue weighted by Gasteiger charge is -2.33. The molecule has 7 nitrogen and oxygen atoms in total. The molecule has 0 unspecified atom stereocenters. The smallest absolute Gasteiger partial charge is 0.410 e. The van der Waals surface area contributed by atoms with Crippen molar-refractivity contribution in [2.45, 2.75) is 52.2 Å². The van der Waals surface area contributed by atoms with Crippen LogP contribution in [0.2, 0.25) is 0 Å². The monoisotopic (exact) mass is 388 g/mol. The Hall–Kier alpha value is -2.70. The normalized spacial score (nSPS) is 15.5. The number of carbonyl (C=O) groups is 2. The van der Waals surface area contributed by atoms with Gasteiger partial charge in [0.15, 0.2) is 0 Å². The number of rotatable bonds is 4. The Balaban J connectivity index is 1.58. The van der Waals surface area contributed by atoms with Gasteiger partial charge in [-0.2, -0.15) is 0 Å². The molecule has 0 saturated carbocycles. The van der Waals surface area contributed by atoms with Gasteiger partial charge in [-0.15, -0.1) is 0 Å². The van der Waals surface area contributed by atoms with Crippen molar-refractivity contribution in [3.8, 4) is 5.75 Å². The molecular weight excluding hydrogens is 360 g/mol. The van der Waals surface area contributed by atoms with Crippen molar-refractivity contribution in [2.75, 3.05) is 19.7 Å². The lowest BCUT2D eigenvalue weighted by Crippen LogP contribution is -2.44. The number of esters is 1. The van der Waals surface area contributed by atoms with Crippen LogP contribution in [0.4, 0.5) is 4.79 Å². The van der Waals surface area contributed by atoms with Crippen molar-refractivity contribution in [1.82, 2.24) is 9.88 Å². The SMILES string of the molecule is CCOC(=O)c1cc2cc(OC3CCN(C(=O)OC(C)(C)C)CC3)ccc2[nH]1. The first-order chi connectivity index (χ1) is 13.2.